The summed E-state index contributed by atoms with van der Waals surface area (Å²) in [6, 6.07) is 2.28. The van der Waals surface area contributed by atoms with E-state index in [1.165, 1.54) is 13.0 Å². The molecule has 0 aliphatic heterocycles. The fourth-order valence-corrected chi connectivity index (χ4v) is 1.80. The summed E-state index contributed by atoms with van der Waals surface area (Å²) in [5.41, 5.74) is -0.454. The molecule has 1 rings (SSSR count). The van der Waals surface area contributed by atoms with Gasteiger partial charge in [-0.1, -0.05) is 19.4 Å². The first-order valence-electron chi connectivity index (χ1n) is 6.31. The van der Waals surface area contributed by atoms with Crippen molar-refractivity contribution in [2.75, 3.05) is 6.54 Å². The molecule has 0 bridgehead atoms. The van der Waals surface area contributed by atoms with Crippen molar-refractivity contribution in [2.45, 2.75) is 26.7 Å². The second-order valence-corrected chi connectivity index (χ2v) is 4.64. The Morgan fingerprint density at radius 1 is 1.35 bits per heavy atom. The number of nitrogens with one attached hydrogen (secondary N) is 1. The molecule has 0 aliphatic rings. The second kappa shape index (κ2) is 6.98. The van der Waals surface area contributed by atoms with Gasteiger partial charge in [0.2, 0.25) is 0 Å². The standard InChI is InChI=1S/C14H17F2NO3/c1-3-9(6-11(18)19)7-17-14(20)12-10(15)5-4-8(2)13(12)16/h4-5,9H,3,6-7H2,1-2H3,(H,17,20)(H,18,19). The van der Waals surface area contributed by atoms with Gasteiger partial charge in [-0.3, -0.25) is 9.59 Å². The normalized spacial score (nSPS) is 12.0. The summed E-state index contributed by atoms with van der Waals surface area (Å²) in [7, 11) is 0. The zero-order valence-electron chi connectivity index (χ0n) is 11.4. The summed E-state index contributed by atoms with van der Waals surface area (Å²) in [6.45, 7) is 3.28. The molecule has 0 fully saturated rings. The third-order valence-electron chi connectivity index (χ3n) is 3.10. The molecule has 0 saturated heterocycles. The van der Waals surface area contributed by atoms with E-state index in [-0.39, 0.29) is 24.4 Å². The predicted octanol–water partition coefficient (Wildman–Crippen LogP) is 2.50. The van der Waals surface area contributed by atoms with Crippen molar-refractivity contribution >= 4 is 11.9 Å². The lowest BCUT2D eigenvalue weighted by atomic mass is 10.0. The van der Waals surface area contributed by atoms with E-state index in [9.17, 15) is 18.4 Å². The molecule has 110 valence electrons. The van der Waals surface area contributed by atoms with Crippen LogP contribution in [0.1, 0.15) is 35.7 Å². The van der Waals surface area contributed by atoms with Crippen LogP contribution in [0.5, 0.6) is 0 Å². The lowest BCUT2D eigenvalue weighted by molar-refractivity contribution is -0.138. The molecule has 1 unspecified atom stereocenters. The smallest absolute Gasteiger partial charge is 0.303 e. The average molecular weight is 285 g/mol. The van der Waals surface area contributed by atoms with Crippen LogP contribution in [-0.4, -0.2) is 23.5 Å². The lowest BCUT2D eigenvalue weighted by Crippen LogP contribution is -2.31. The van der Waals surface area contributed by atoms with E-state index in [0.29, 0.717) is 6.42 Å². The van der Waals surface area contributed by atoms with Gasteiger partial charge in [-0.05, 0) is 24.5 Å². The van der Waals surface area contributed by atoms with Gasteiger partial charge in [0.05, 0.1) is 0 Å². The zero-order chi connectivity index (χ0) is 15.3. The molecule has 0 heterocycles. The van der Waals surface area contributed by atoms with Crippen molar-refractivity contribution < 1.29 is 23.5 Å². The van der Waals surface area contributed by atoms with Crippen LogP contribution >= 0.6 is 0 Å². The number of carboxylic acids is 1. The Morgan fingerprint density at radius 3 is 2.55 bits per heavy atom. The maximum Gasteiger partial charge on any atom is 0.303 e. The number of aliphatic carboxylic acids is 1. The number of hydrogen-bond acceptors (Lipinski definition) is 2. The van der Waals surface area contributed by atoms with Gasteiger partial charge < -0.3 is 10.4 Å². The van der Waals surface area contributed by atoms with E-state index in [4.69, 9.17) is 5.11 Å². The van der Waals surface area contributed by atoms with Gasteiger partial charge in [-0.2, -0.15) is 0 Å². The molecule has 0 saturated carbocycles. The quantitative estimate of drug-likeness (QED) is 0.844. The molecule has 4 nitrogen and oxygen atoms in total. The summed E-state index contributed by atoms with van der Waals surface area (Å²) in [5, 5.41) is 11.1. The minimum atomic E-state index is -0.973. The highest BCUT2D eigenvalue weighted by molar-refractivity contribution is 5.95. The summed E-state index contributed by atoms with van der Waals surface area (Å²) >= 11 is 0. The average Bonchev–Trinajstić information content (AvgIpc) is 2.39. The number of hydrogen-bond donors (Lipinski definition) is 2. The maximum atomic E-state index is 13.7. The first-order valence-corrected chi connectivity index (χ1v) is 6.31. The SMILES string of the molecule is CCC(CNC(=O)c1c(F)ccc(C)c1F)CC(=O)O. The lowest BCUT2D eigenvalue weighted by Gasteiger charge is -2.14. The number of amides is 1. The number of carbonyl (C=O) groups is 2. The van der Waals surface area contributed by atoms with Crippen LogP contribution in [0.4, 0.5) is 8.78 Å². The number of benzene rings is 1. The Morgan fingerprint density at radius 2 is 2.00 bits per heavy atom. The first kappa shape index (κ1) is 16.1. The number of halogens is 2. The third kappa shape index (κ3) is 4.01. The number of rotatable bonds is 6. The summed E-state index contributed by atoms with van der Waals surface area (Å²) in [4.78, 5) is 22.4. The summed E-state index contributed by atoms with van der Waals surface area (Å²) in [6.07, 6.45) is 0.445. The van der Waals surface area contributed by atoms with Gasteiger partial charge in [-0.15, -0.1) is 0 Å². The van der Waals surface area contributed by atoms with E-state index in [0.717, 1.165) is 6.07 Å². The fourth-order valence-electron chi connectivity index (χ4n) is 1.80. The van der Waals surface area contributed by atoms with Crippen molar-refractivity contribution in [3.63, 3.8) is 0 Å². The van der Waals surface area contributed by atoms with Crippen LogP contribution in [0.3, 0.4) is 0 Å². The van der Waals surface area contributed by atoms with Crippen LogP contribution in [0, 0.1) is 24.5 Å². The monoisotopic (exact) mass is 285 g/mol. The molecule has 2 N–H and O–H groups in total. The topological polar surface area (TPSA) is 66.4 Å². The van der Waals surface area contributed by atoms with Gasteiger partial charge in [-0.25, -0.2) is 8.78 Å². The molecule has 0 aliphatic carbocycles. The van der Waals surface area contributed by atoms with Crippen molar-refractivity contribution in [3.8, 4) is 0 Å². The minimum absolute atomic E-state index is 0.0639. The third-order valence-corrected chi connectivity index (χ3v) is 3.10. The molecule has 0 aromatic heterocycles. The van der Waals surface area contributed by atoms with Crippen LogP contribution < -0.4 is 5.32 Å². The Bertz CT molecular complexity index is 517. The van der Waals surface area contributed by atoms with E-state index < -0.39 is 29.1 Å². The molecular formula is C14H17F2NO3. The Balaban J connectivity index is 2.77. The van der Waals surface area contributed by atoms with Gasteiger partial charge in [0, 0.05) is 13.0 Å². The van der Waals surface area contributed by atoms with Crippen molar-refractivity contribution in [3.05, 3.63) is 34.9 Å². The highest BCUT2D eigenvalue weighted by Gasteiger charge is 2.20. The first-order chi connectivity index (χ1) is 9.36. The van der Waals surface area contributed by atoms with Gasteiger partial charge in [0.15, 0.2) is 0 Å². The molecule has 1 atom stereocenters. The van der Waals surface area contributed by atoms with Crippen LogP contribution in [0.2, 0.25) is 0 Å². The molecule has 0 spiro atoms. The van der Waals surface area contributed by atoms with Crippen LogP contribution in [0.25, 0.3) is 0 Å². The van der Waals surface area contributed by atoms with E-state index >= 15 is 0 Å². The minimum Gasteiger partial charge on any atom is -0.481 e. The summed E-state index contributed by atoms with van der Waals surface area (Å²) < 4.78 is 27.2. The van der Waals surface area contributed by atoms with Gasteiger partial charge in [0.1, 0.15) is 17.2 Å². The Hall–Kier alpha value is -1.98. The molecule has 20 heavy (non-hydrogen) atoms. The highest BCUT2D eigenvalue weighted by atomic mass is 19.1. The predicted molar refractivity (Wildman–Crippen MR) is 69.5 cm³/mol. The molecular weight excluding hydrogens is 268 g/mol. The largest absolute Gasteiger partial charge is 0.481 e. The summed E-state index contributed by atoms with van der Waals surface area (Å²) in [5.74, 6) is -3.94. The Kier molecular flexibility index (Phi) is 5.61. The molecule has 6 heteroatoms. The van der Waals surface area contributed by atoms with Crippen molar-refractivity contribution in [2.24, 2.45) is 5.92 Å². The van der Waals surface area contributed by atoms with Crippen LogP contribution in [0.15, 0.2) is 12.1 Å². The Labute approximate surface area is 115 Å². The van der Waals surface area contributed by atoms with Crippen molar-refractivity contribution in [1.82, 2.24) is 5.32 Å². The van der Waals surface area contributed by atoms with E-state index in [1.54, 1.807) is 6.92 Å². The molecule has 1 aromatic rings. The van der Waals surface area contributed by atoms with E-state index in [2.05, 4.69) is 5.32 Å². The number of carbonyl (C=O) groups excluding carboxylic acids is 1. The van der Waals surface area contributed by atoms with Gasteiger partial charge >= 0.3 is 5.97 Å². The maximum absolute atomic E-state index is 13.7. The zero-order valence-corrected chi connectivity index (χ0v) is 11.4. The number of aryl methyl sites for hydroxylation is 1. The molecule has 1 aromatic carbocycles. The second-order valence-electron chi connectivity index (χ2n) is 4.64. The van der Waals surface area contributed by atoms with E-state index in [1.807, 2.05) is 0 Å². The fraction of sp³-hybridized carbons (Fsp3) is 0.429. The van der Waals surface area contributed by atoms with Crippen LogP contribution in [-0.2, 0) is 4.79 Å². The molecule has 0 radical (unpaired) electrons. The highest BCUT2D eigenvalue weighted by Crippen LogP contribution is 2.16. The molecule has 1 amide bonds. The number of carboxylic acid groups (broad SMARTS) is 1. The van der Waals surface area contributed by atoms with Crippen molar-refractivity contribution in [1.29, 1.82) is 0 Å². The van der Waals surface area contributed by atoms with Gasteiger partial charge in [0.25, 0.3) is 5.91 Å².